The lowest BCUT2D eigenvalue weighted by molar-refractivity contribution is -0.139. The van der Waals surface area contributed by atoms with Crippen molar-refractivity contribution in [2.45, 2.75) is 6.23 Å². The van der Waals surface area contributed by atoms with Crippen molar-refractivity contribution >= 4 is 40.9 Å². The summed E-state index contributed by atoms with van der Waals surface area (Å²) in [6.07, 6.45) is -1.04. The van der Waals surface area contributed by atoms with Gasteiger partial charge < -0.3 is 10.5 Å². The Hall–Kier alpha value is -1.92. The number of ether oxygens (including phenoxy) is 1. The second kappa shape index (κ2) is 5.38. The first-order valence-electron chi connectivity index (χ1n) is 5.17. The molecule has 1 aliphatic rings. The summed E-state index contributed by atoms with van der Waals surface area (Å²) in [5, 5.41) is 0.973. The van der Waals surface area contributed by atoms with Gasteiger partial charge in [-0.05, 0) is 12.1 Å². The number of carbonyl (C=O) groups is 2. The van der Waals surface area contributed by atoms with Crippen molar-refractivity contribution in [1.82, 2.24) is 5.43 Å². The maximum Gasteiger partial charge on any atom is 0.353 e. The number of hydrazine groups is 1. The minimum absolute atomic E-state index is 0.0238. The number of benzene rings is 1. The van der Waals surface area contributed by atoms with Gasteiger partial charge in [-0.2, -0.15) is 0 Å². The van der Waals surface area contributed by atoms with Gasteiger partial charge in [-0.25, -0.2) is 20.0 Å². The van der Waals surface area contributed by atoms with E-state index < -0.39 is 18.2 Å². The summed E-state index contributed by atoms with van der Waals surface area (Å²) in [4.78, 5) is 22.4. The lowest BCUT2D eigenvalue weighted by Gasteiger charge is -2.29. The summed E-state index contributed by atoms with van der Waals surface area (Å²) in [7, 11) is 0. The van der Waals surface area contributed by atoms with Crippen LogP contribution < -0.4 is 16.2 Å². The van der Waals surface area contributed by atoms with Crippen LogP contribution in [0.15, 0.2) is 40.4 Å². The van der Waals surface area contributed by atoms with Gasteiger partial charge in [0.2, 0.25) is 6.23 Å². The highest BCUT2D eigenvalue weighted by Gasteiger charge is 2.37. The van der Waals surface area contributed by atoms with Crippen molar-refractivity contribution in [3.8, 4) is 0 Å². The van der Waals surface area contributed by atoms with Crippen molar-refractivity contribution in [1.29, 1.82) is 0 Å². The number of amides is 2. The van der Waals surface area contributed by atoms with Crippen LogP contribution in [0.4, 0.5) is 10.5 Å². The fraction of sp³-hybridized carbons (Fsp3) is 0.0909. The Morgan fingerprint density at radius 3 is 2.42 bits per heavy atom. The normalized spacial score (nSPS) is 18.2. The second-order valence-electron chi connectivity index (χ2n) is 3.60. The Morgan fingerprint density at radius 1 is 1.32 bits per heavy atom. The van der Waals surface area contributed by atoms with Crippen LogP contribution in [0.1, 0.15) is 0 Å². The Morgan fingerprint density at radius 2 is 1.95 bits per heavy atom. The maximum absolute atomic E-state index is 11.3. The zero-order valence-corrected chi connectivity index (χ0v) is 11.0. The molecule has 3 N–H and O–H groups in total. The third-order valence-corrected chi connectivity index (χ3v) is 3.15. The number of rotatable bonds is 3. The molecule has 1 aromatic rings. The number of nitrogens with two attached hydrogens (primary N) is 1. The van der Waals surface area contributed by atoms with E-state index in [-0.39, 0.29) is 10.1 Å². The number of nitrogens with zero attached hydrogens (tertiary/aromatic N) is 1. The minimum Gasteiger partial charge on any atom is -0.430 e. The van der Waals surface area contributed by atoms with Gasteiger partial charge >= 0.3 is 12.0 Å². The molecule has 2 amide bonds. The number of hydrogen-bond acceptors (Lipinski definition) is 4. The van der Waals surface area contributed by atoms with E-state index in [1.807, 2.05) is 0 Å². The molecule has 1 heterocycles. The smallest absolute Gasteiger partial charge is 0.353 e. The highest BCUT2D eigenvalue weighted by molar-refractivity contribution is 6.48. The average molecular weight is 302 g/mol. The van der Waals surface area contributed by atoms with Crippen LogP contribution in [0.5, 0.6) is 0 Å². The molecule has 0 radical (unpaired) electrons. The van der Waals surface area contributed by atoms with E-state index in [9.17, 15) is 9.59 Å². The first-order valence-corrected chi connectivity index (χ1v) is 5.93. The first-order chi connectivity index (χ1) is 9.00. The zero-order valence-electron chi connectivity index (χ0n) is 9.47. The molecule has 1 aliphatic heterocycles. The molecule has 8 heteroatoms. The van der Waals surface area contributed by atoms with Crippen LogP contribution in [-0.2, 0) is 9.53 Å². The van der Waals surface area contributed by atoms with Crippen LogP contribution in [-0.4, -0.2) is 18.2 Å². The van der Waals surface area contributed by atoms with Gasteiger partial charge in [0.15, 0.2) is 0 Å². The quantitative estimate of drug-likeness (QED) is 0.657. The first kappa shape index (κ1) is 13.5. The molecule has 1 atom stereocenters. The van der Waals surface area contributed by atoms with Crippen LogP contribution in [0.2, 0.25) is 0 Å². The average Bonchev–Trinajstić information content (AvgIpc) is 2.64. The Kier molecular flexibility index (Phi) is 3.82. The van der Waals surface area contributed by atoms with E-state index in [1.54, 1.807) is 30.3 Å². The van der Waals surface area contributed by atoms with E-state index >= 15 is 0 Å². The number of cyclic esters (lactones) is 1. The number of para-hydroxylation sites is 1. The number of carbonyl (C=O) groups excluding carboxylic acids is 2. The van der Waals surface area contributed by atoms with Gasteiger partial charge in [0.05, 0.1) is 5.69 Å². The molecule has 0 spiro atoms. The van der Waals surface area contributed by atoms with Crippen molar-refractivity contribution in [3.63, 3.8) is 0 Å². The molecule has 2 rings (SSSR count). The Balaban J connectivity index is 2.35. The van der Waals surface area contributed by atoms with Crippen molar-refractivity contribution in [2.24, 2.45) is 5.73 Å². The van der Waals surface area contributed by atoms with E-state index in [2.05, 4.69) is 5.43 Å². The summed E-state index contributed by atoms with van der Waals surface area (Å²) in [5.41, 5.74) is 7.95. The van der Waals surface area contributed by atoms with E-state index in [4.69, 9.17) is 33.7 Å². The van der Waals surface area contributed by atoms with E-state index in [1.165, 1.54) is 5.01 Å². The molecule has 0 aromatic heterocycles. The summed E-state index contributed by atoms with van der Waals surface area (Å²) in [6.45, 7) is 0. The number of primary amides is 1. The molecular formula is C11H9Cl2N3O3. The molecule has 100 valence electrons. The predicted octanol–water partition coefficient (Wildman–Crippen LogP) is 1.65. The summed E-state index contributed by atoms with van der Waals surface area (Å²) in [6, 6.07) is 7.80. The monoisotopic (exact) mass is 301 g/mol. The van der Waals surface area contributed by atoms with Crippen molar-refractivity contribution < 1.29 is 14.3 Å². The standard InChI is InChI=1S/C11H9Cl2N3O3/c12-7-8(13)10(17)19-9(7)16(15-11(14)18)6-4-2-1-3-5-6/h1-5,9H,(H3,14,15,18)/t9-/m0/s1. The maximum atomic E-state index is 11.3. The van der Waals surface area contributed by atoms with Gasteiger partial charge in [-0.3, -0.25) is 0 Å². The number of nitrogens with one attached hydrogen (secondary N) is 1. The third-order valence-electron chi connectivity index (χ3n) is 2.32. The zero-order chi connectivity index (χ0) is 14.0. The molecule has 0 fully saturated rings. The molecule has 0 saturated heterocycles. The minimum atomic E-state index is -1.04. The topological polar surface area (TPSA) is 84.7 Å². The molecule has 6 nitrogen and oxygen atoms in total. The molecular weight excluding hydrogens is 293 g/mol. The fourth-order valence-corrected chi connectivity index (χ4v) is 1.90. The van der Waals surface area contributed by atoms with Crippen molar-refractivity contribution in [2.75, 3.05) is 5.01 Å². The Bertz CT molecular complexity index is 547. The van der Waals surface area contributed by atoms with Gasteiger partial charge in [0.25, 0.3) is 0 Å². The second-order valence-corrected chi connectivity index (χ2v) is 4.39. The fourth-order valence-electron chi connectivity index (χ4n) is 1.54. The number of hydrogen-bond donors (Lipinski definition) is 2. The van der Waals surface area contributed by atoms with Gasteiger partial charge in [-0.15, -0.1) is 0 Å². The molecule has 0 bridgehead atoms. The molecule has 19 heavy (non-hydrogen) atoms. The van der Waals surface area contributed by atoms with E-state index in [0.717, 1.165) is 0 Å². The molecule has 0 unspecified atom stereocenters. The summed E-state index contributed by atoms with van der Waals surface area (Å²) in [5.74, 6) is -0.760. The largest absolute Gasteiger partial charge is 0.430 e. The number of urea groups is 1. The van der Waals surface area contributed by atoms with Gasteiger partial charge in [-0.1, -0.05) is 41.4 Å². The highest BCUT2D eigenvalue weighted by atomic mass is 35.5. The third kappa shape index (κ3) is 2.74. The van der Waals surface area contributed by atoms with Gasteiger partial charge in [0.1, 0.15) is 10.1 Å². The van der Waals surface area contributed by atoms with Crippen LogP contribution >= 0.6 is 23.2 Å². The van der Waals surface area contributed by atoms with Crippen LogP contribution in [0, 0.1) is 0 Å². The number of halogens is 2. The lowest BCUT2D eigenvalue weighted by Crippen LogP contribution is -2.51. The van der Waals surface area contributed by atoms with Crippen molar-refractivity contribution in [3.05, 3.63) is 40.4 Å². The van der Waals surface area contributed by atoms with E-state index in [0.29, 0.717) is 5.69 Å². The molecule has 0 aliphatic carbocycles. The summed E-state index contributed by atoms with van der Waals surface area (Å²) >= 11 is 11.6. The number of anilines is 1. The SMILES string of the molecule is NC(=O)NN(c1ccccc1)[C@H]1OC(=O)C(Cl)=C1Cl. The predicted molar refractivity (Wildman–Crippen MR) is 70.3 cm³/mol. The number of esters is 1. The molecule has 1 aromatic carbocycles. The summed E-state index contributed by atoms with van der Waals surface area (Å²) < 4.78 is 4.98. The van der Waals surface area contributed by atoms with Gasteiger partial charge in [0, 0.05) is 0 Å². The molecule has 0 saturated carbocycles. The lowest BCUT2D eigenvalue weighted by atomic mass is 10.3. The van der Waals surface area contributed by atoms with Crippen LogP contribution in [0.3, 0.4) is 0 Å². The Labute approximate surface area is 118 Å². The highest BCUT2D eigenvalue weighted by Crippen LogP contribution is 2.32. The van der Waals surface area contributed by atoms with Crippen LogP contribution in [0.25, 0.3) is 0 Å².